The summed E-state index contributed by atoms with van der Waals surface area (Å²) in [6.07, 6.45) is 26.9. The van der Waals surface area contributed by atoms with Crippen LogP contribution in [0.2, 0.25) is 0 Å². The van der Waals surface area contributed by atoms with Crippen LogP contribution >= 0.6 is 0 Å². The summed E-state index contributed by atoms with van der Waals surface area (Å²) in [5.41, 5.74) is 0. The third-order valence-corrected chi connectivity index (χ3v) is 9.00. The number of hydrogen-bond donors (Lipinski definition) is 2. The number of ether oxygens (including phenoxy) is 2. The molecule has 40 heavy (non-hydrogen) atoms. The predicted octanol–water partition coefficient (Wildman–Crippen LogP) is 8.15. The molecule has 234 valence electrons. The Labute approximate surface area is 246 Å². The number of nitrogens with one attached hydrogen (secondary N) is 2. The molecule has 0 unspecified atom stereocenters. The van der Waals surface area contributed by atoms with E-state index in [-0.39, 0.29) is 48.3 Å². The summed E-state index contributed by atoms with van der Waals surface area (Å²) < 4.78 is 13.1. The van der Waals surface area contributed by atoms with E-state index in [4.69, 9.17) is 9.47 Å². The Morgan fingerprint density at radius 1 is 0.550 bits per heavy atom. The number of unbranched alkanes of at least 4 members (excludes halogenated alkanes) is 14. The molecule has 0 aromatic heterocycles. The molecule has 0 aromatic carbocycles. The van der Waals surface area contributed by atoms with Crippen molar-refractivity contribution >= 4 is 11.8 Å². The number of rotatable bonds is 23. The second kappa shape index (κ2) is 21.5. The van der Waals surface area contributed by atoms with E-state index >= 15 is 0 Å². The average Bonchev–Trinajstić information content (AvgIpc) is 3.60. The van der Waals surface area contributed by atoms with Crippen LogP contribution in [0.4, 0.5) is 0 Å². The fourth-order valence-corrected chi connectivity index (χ4v) is 6.74. The normalized spacial score (nSPS) is 24.2. The summed E-state index contributed by atoms with van der Waals surface area (Å²) in [5, 5.41) is 6.39. The van der Waals surface area contributed by atoms with Crippen molar-refractivity contribution in [3.63, 3.8) is 0 Å². The summed E-state index contributed by atoms with van der Waals surface area (Å²) in [6.45, 7) is 7.76. The van der Waals surface area contributed by atoms with Gasteiger partial charge in [0.25, 0.3) is 0 Å². The van der Waals surface area contributed by atoms with Gasteiger partial charge in [-0.05, 0) is 38.5 Å². The Morgan fingerprint density at radius 2 is 0.875 bits per heavy atom. The summed E-state index contributed by atoms with van der Waals surface area (Å²) in [7, 11) is 0. The minimum absolute atomic E-state index is 0.0351. The van der Waals surface area contributed by atoms with Crippen LogP contribution in [0.1, 0.15) is 169 Å². The minimum Gasteiger partial charge on any atom is -0.370 e. The zero-order valence-corrected chi connectivity index (χ0v) is 26.7. The van der Waals surface area contributed by atoms with Crippen LogP contribution in [0.3, 0.4) is 0 Å². The van der Waals surface area contributed by atoms with E-state index in [9.17, 15) is 9.59 Å². The van der Waals surface area contributed by atoms with Crippen molar-refractivity contribution in [3.05, 3.63) is 0 Å². The van der Waals surface area contributed by atoms with Gasteiger partial charge >= 0.3 is 0 Å². The fraction of sp³-hybridized carbons (Fsp3) is 0.941. The highest BCUT2D eigenvalue weighted by atomic mass is 16.6. The largest absolute Gasteiger partial charge is 0.370 e. The Bertz CT molecular complexity index is 616. The van der Waals surface area contributed by atoms with Gasteiger partial charge in [0, 0.05) is 13.8 Å². The topological polar surface area (TPSA) is 76.7 Å². The van der Waals surface area contributed by atoms with Gasteiger partial charge in [-0.1, -0.05) is 117 Å². The lowest BCUT2D eigenvalue weighted by molar-refractivity contribution is -0.124. The molecule has 6 heteroatoms. The molecule has 2 rings (SSSR count). The van der Waals surface area contributed by atoms with E-state index in [1.807, 2.05) is 0 Å². The van der Waals surface area contributed by atoms with Crippen molar-refractivity contribution in [2.45, 2.75) is 205 Å². The van der Waals surface area contributed by atoms with Crippen LogP contribution < -0.4 is 10.6 Å². The highest BCUT2D eigenvalue weighted by Gasteiger charge is 2.41. The summed E-state index contributed by atoms with van der Waals surface area (Å²) in [5.74, 6) is 0.0702. The van der Waals surface area contributed by atoms with Gasteiger partial charge < -0.3 is 20.1 Å². The maximum absolute atomic E-state index is 12.0. The second-order valence-corrected chi connectivity index (χ2v) is 12.7. The van der Waals surface area contributed by atoms with Crippen molar-refractivity contribution in [3.8, 4) is 0 Å². The van der Waals surface area contributed by atoms with Gasteiger partial charge in [0.2, 0.25) is 11.8 Å². The van der Waals surface area contributed by atoms with Crippen LogP contribution in [0.15, 0.2) is 0 Å². The van der Waals surface area contributed by atoms with Gasteiger partial charge in [-0.25, -0.2) is 0 Å². The van der Waals surface area contributed by atoms with Crippen molar-refractivity contribution in [2.75, 3.05) is 0 Å². The number of amides is 2. The first-order chi connectivity index (χ1) is 19.4. The van der Waals surface area contributed by atoms with Gasteiger partial charge in [0.1, 0.15) is 0 Å². The molecule has 2 aliphatic rings. The minimum atomic E-state index is 0.0351. The van der Waals surface area contributed by atoms with Gasteiger partial charge in [-0.15, -0.1) is 0 Å². The van der Waals surface area contributed by atoms with Crippen LogP contribution in [0.5, 0.6) is 0 Å². The van der Waals surface area contributed by atoms with Crippen LogP contribution in [0.25, 0.3) is 0 Å². The van der Waals surface area contributed by atoms with E-state index in [2.05, 4.69) is 24.5 Å². The molecule has 0 spiro atoms. The molecule has 0 aromatic rings. The van der Waals surface area contributed by atoms with E-state index in [0.29, 0.717) is 0 Å². The van der Waals surface area contributed by atoms with E-state index in [1.165, 1.54) is 89.9 Å². The van der Waals surface area contributed by atoms with Crippen molar-refractivity contribution in [1.82, 2.24) is 10.6 Å². The maximum Gasteiger partial charge on any atom is 0.217 e. The lowest BCUT2D eigenvalue weighted by Crippen LogP contribution is -2.44. The summed E-state index contributed by atoms with van der Waals surface area (Å²) in [6, 6.07) is 0.183. The molecule has 0 aliphatic carbocycles. The van der Waals surface area contributed by atoms with Crippen LogP contribution in [-0.4, -0.2) is 48.3 Å². The molecule has 6 atom stereocenters. The Balaban J connectivity index is 1.74. The molecule has 2 amide bonds. The molecule has 6 nitrogen and oxygen atoms in total. The van der Waals surface area contributed by atoms with Crippen molar-refractivity contribution in [2.24, 2.45) is 0 Å². The van der Waals surface area contributed by atoms with Gasteiger partial charge in [0.15, 0.2) is 0 Å². The van der Waals surface area contributed by atoms with Crippen molar-refractivity contribution < 1.29 is 19.1 Å². The lowest BCUT2D eigenvalue weighted by atomic mass is 9.98. The third-order valence-electron chi connectivity index (χ3n) is 9.00. The molecule has 2 saturated heterocycles. The first-order valence-electron chi connectivity index (χ1n) is 17.3. The molecule has 0 bridgehead atoms. The first-order valence-corrected chi connectivity index (χ1v) is 17.3. The lowest BCUT2D eigenvalue weighted by Gasteiger charge is -2.28. The van der Waals surface area contributed by atoms with Crippen LogP contribution in [-0.2, 0) is 19.1 Å². The SMILES string of the molecule is CCCCCCCCCC[C@@H](NC(C)=O)[C@H]1CC[C@H]([C@H]2CC[C@H]([C@@H](CCCCCCCCCC)NC(C)=O)O2)O1. The Kier molecular flexibility index (Phi) is 18.9. The highest BCUT2D eigenvalue weighted by molar-refractivity contribution is 5.73. The smallest absolute Gasteiger partial charge is 0.217 e. The monoisotopic (exact) mass is 564 g/mol. The van der Waals surface area contributed by atoms with Gasteiger partial charge in [0.05, 0.1) is 36.5 Å². The summed E-state index contributed by atoms with van der Waals surface area (Å²) >= 11 is 0. The molecular formula is C34H64N2O4. The Hall–Kier alpha value is -1.14. The molecule has 0 saturated carbocycles. The van der Waals surface area contributed by atoms with E-state index in [1.54, 1.807) is 13.8 Å². The van der Waals surface area contributed by atoms with E-state index < -0.39 is 0 Å². The number of carbonyl (C=O) groups is 2. The molecule has 2 aliphatic heterocycles. The predicted molar refractivity (Wildman–Crippen MR) is 165 cm³/mol. The molecule has 0 radical (unpaired) electrons. The second-order valence-electron chi connectivity index (χ2n) is 12.7. The van der Waals surface area contributed by atoms with Gasteiger partial charge in [-0.3, -0.25) is 9.59 Å². The number of hydrogen-bond acceptors (Lipinski definition) is 4. The molecule has 2 N–H and O–H groups in total. The zero-order chi connectivity index (χ0) is 29.0. The first kappa shape index (κ1) is 35.1. The summed E-state index contributed by atoms with van der Waals surface area (Å²) in [4.78, 5) is 23.9. The molecule has 2 heterocycles. The van der Waals surface area contributed by atoms with Crippen LogP contribution in [0, 0.1) is 0 Å². The number of carbonyl (C=O) groups excluding carboxylic acids is 2. The van der Waals surface area contributed by atoms with Crippen molar-refractivity contribution in [1.29, 1.82) is 0 Å². The fourth-order valence-electron chi connectivity index (χ4n) is 6.74. The quantitative estimate of drug-likeness (QED) is 0.123. The van der Waals surface area contributed by atoms with E-state index in [0.717, 1.165) is 51.4 Å². The van der Waals surface area contributed by atoms with Gasteiger partial charge in [-0.2, -0.15) is 0 Å². The molecular weight excluding hydrogens is 500 g/mol. The highest BCUT2D eigenvalue weighted by Crippen LogP contribution is 2.35. The maximum atomic E-state index is 12.0. The average molecular weight is 565 g/mol. The standard InChI is InChI=1S/C34H64N2O4/c1-5-7-9-11-13-15-17-19-21-29(35-27(3)37)31-23-25-33(39-31)34-26-24-32(40-34)30(36-28(4)38)22-20-18-16-14-12-10-8-6-2/h29-34H,5-26H2,1-4H3,(H,35,37)(H,36,38)/t29-,30-,31-,32-,33-,34-/m1/s1. The zero-order valence-electron chi connectivity index (χ0n) is 26.7. The molecule has 2 fully saturated rings. The third kappa shape index (κ3) is 14.7. The Morgan fingerprint density at radius 3 is 1.20 bits per heavy atom.